The number of hydrogen-bond donors (Lipinski definition) is 0. The van der Waals surface area contributed by atoms with Crippen molar-refractivity contribution in [2.24, 2.45) is 0 Å². The summed E-state index contributed by atoms with van der Waals surface area (Å²) in [4.78, 5) is 17.0. The summed E-state index contributed by atoms with van der Waals surface area (Å²) in [6.45, 7) is 3.76. The van der Waals surface area contributed by atoms with Crippen molar-refractivity contribution >= 4 is 17.3 Å². The molecule has 0 unspecified atom stereocenters. The molecule has 4 rings (SSSR count). The van der Waals surface area contributed by atoms with Crippen LogP contribution in [0.3, 0.4) is 0 Å². The van der Waals surface area contributed by atoms with Crippen LogP contribution < -0.4 is 10.5 Å². The molecule has 0 radical (unpaired) electrons. The summed E-state index contributed by atoms with van der Waals surface area (Å²) in [6.07, 6.45) is 1.65. The molecule has 1 aliphatic rings. The van der Waals surface area contributed by atoms with Crippen LogP contribution >= 0.6 is 11.6 Å². The Hall–Kier alpha value is -2.70. The Bertz CT molecular complexity index is 1020. The number of para-hydroxylation sites is 1. The number of rotatable bonds is 4. The van der Waals surface area contributed by atoms with Gasteiger partial charge in [0, 0.05) is 32.7 Å². The van der Waals surface area contributed by atoms with Crippen molar-refractivity contribution in [3.63, 3.8) is 0 Å². The van der Waals surface area contributed by atoms with Gasteiger partial charge in [-0.15, -0.1) is 0 Å². The SMILES string of the molecule is O=c1c(Cl)c(N2CCN(Cc3cccc(F)c3)CC2)cnn1-c1ccccc1. The highest BCUT2D eigenvalue weighted by molar-refractivity contribution is 6.33. The third kappa shape index (κ3) is 3.93. The van der Waals surface area contributed by atoms with Crippen LogP contribution in [0.1, 0.15) is 5.56 Å². The lowest BCUT2D eigenvalue weighted by Gasteiger charge is -2.36. The zero-order valence-corrected chi connectivity index (χ0v) is 16.0. The molecule has 0 spiro atoms. The summed E-state index contributed by atoms with van der Waals surface area (Å²) < 4.78 is 14.7. The molecule has 0 saturated carbocycles. The molecular weight excluding hydrogens is 379 g/mol. The molecule has 0 bridgehead atoms. The zero-order chi connectivity index (χ0) is 19.5. The third-order valence-electron chi connectivity index (χ3n) is 4.91. The van der Waals surface area contributed by atoms with Crippen molar-refractivity contribution in [3.8, 4) is 5.69 Å². The van der Waals surface area contributed by atoms with E-state index >= 15 is 0 Å². The van der Waals surface area contributed by atoms with E-state index in [0.29, 0.717) is 17.9 Å². The average molecular weight is 399 g/mol. The van der Waals surface area contributed by atoms with Gasteiger partial charge in [-0.2, -0.15) is 9.78 Å². The van der Waals surface area contributed by atoms with Crippen LogP contribution in [0.25, 0.3) is 5.69 Å². The molecule has 1 aliphatic heterocycles. The summed E-state index contributed by atoms with van der Waals surface area (Å²) in [5, 5.41) is 4.48. The van der Waals surface area contributed by atoms with Crippen LogP contribution in [0.2, 0.25) is 5.02 Å². The third-order valence-corrected chi connectivity index (χ3v) is 5.26. The molecule has 7 heteroatoms. The number of aromatic nitrogens is 2. The first-order valence-corrected chi connectivity index (χ1v) is 9.54. The Kier molecular flexibility index (Phi) is 5.41. The standard InChI is InChI=1S/C21H20ClFN4O/c22-20-19(14-24-27(21(20)28)18-7-2-1-3-8-18)26-11-9-25(10-12-26)15-16-5-4-6-17(23)13-16/h1-8,13-14H,9-12,15H2. The van der Waals surface area contributed by atoms with E-state index in [0.717, 1.165) is 31.7 Å². The van der Waals surface area contributed by atoms with E-state index < -0.39 is 0 Å². The second kappa shape index (κ2) is 8.12. The van der Waals surface area contributed by atoms with Gasteiger partial charge >= 0.3 is 0 Å². The molecule has 0 N–H and O–H groups in total. The van der Waals surface area contributed by atoms with E-state index in [1.807, 2.05) is 36.4 Å². The molecule has 2 aromatic carbocycles. The van der Waals surface area contributed by atoms with Gasteiger partial charge in [0.2, 0.25) is 0 Å². The highest BCUT2D eigenvalue weighted by Crippen LogP contribution is 2.23. The molecule has 2 heterocycles. The first-order valence-electron chi connectivity index (χ1n) is 9.17. The van der Waals surface area contributed by atoms with E-state index in [1.54, 1.807) is 18.3 Å². The fraction of sp³-hybridized carbons (Fsp3) is 0.238. The van der Waals surface area contributed by atoms with Gasteiger partial charge in [-0.25, -0.2) is 4.39 Å². The van der Waals surface area contributed by atoms with Crippen molar-refractivity contribution in [2.75, 3.05) is 31.1 Å². The lowest BCUT2D eigenvalue weighted by atomic mass is 10.2. The molecule has 0 amide bonds. The van der Waals surface area contributed by atoms with E-state index in [1.165, 1.54) is 10.7 Å². The van der Waals surface area contributed by atoms with Crippen LogP contribution in [0, 0.1) is 5.82 Å². The minimum Gasteiger partial charge on any atom is -0.366 e. The fourth-order valence-corrected chi connectivity index (χ4v) is 3.69. The predicted octanol–water partition coefficient (Wildman–Crippen LogP) is 3.35. The maximum absolute atomic E-state index is 13.4. The van der Waals surface area contributed by atoms with Gasteiger partial charge in [-0.05, 0) is 29.8 Å². The summed E-state index contributed by atoms with van der Waals surface area (Å²) in [5.41, 5.74) is 1.97. The minimum absolute atomic E-state index is 0.178. The Labute approximate surface area is 167 Å². The highest BCUT2D eigenvalue weighted by Gasteiger charge is 2.21. The second-order valence-corrected chi connectivity index (χ2v) is 7.17. The average Bonchev–Trinajstić information content (AvgIpc) is 2.71. The maximum atomic E-state index is 13.4. The summed E-state index contributed by atoms with van der Waals surface area (Å²) in [6, 6.07) is 15.9. The number of halogens is 2. The van der Waals surface area contributed by atoms with Crippen LogP contribution in [0.5, 0.6) is 0 Å². The lowest BCUT2D eigenvalue weighted by Crippen LogP contribution is -2.46. The molecule has 0 aliphatic carbocycles. The maximum Gasteiger partial charge on any atom is 0.292 e. The Morgan fingerprint density at radius 1 is 1.00 bits per heavy atom. The molecule has 1 aromatic heterocycles. The summed E-state index contributed by atoms with van der Waals surface area (Å²) in [7, 11) is 0. The number of anilines is 1. The van der Waals surface area contributed by atoms with Gasteiger partial charge in [0.25, 0.3) is 5.56 Å². The number of nitrogens with zero attached hydrogens (tertiary/aromatic N) is 4. The van der Waals surface area contributed by atoms with Crippen LogP contribution in [0.4, 0.5) is 10.1 Å². The topological polar surface area (TPSA) is 41.4 Å². The van der Waals surface area contributed by atoms with Crippen molar-refractivity contribution in [1.29, 1.82) is 0 Å². The molecule has 144 valence electrons. The zero-order valence-electron chi connectivity index (χ0n) is 15.3. The van der Waals surface area contributed by atoms with Crippen LogP contribution in [-0.2, 0) is 6.54 Å². The largest absolute Gasteiger partial charge is 0.366 e. The number of benzene rings is 2. The monoisotopic (exact) mass is 398 g/mol. The first-order chi connectivity index (χ1) is 13.6. The first kappa shape index (κ1) is 18.7. The van der Waals surface area contributed by atoms with Crippen LogP contribution in [0.15, 0.2) is 65.6 Å². The van der Waals surface area contributed by atoms with Crippen LogP contribution in [-0.4, -0.2) is 40.9 Å². The smallest absolute Gasteiger partial charge is 0.292 e. The normalized spacial score (nSPS) is 15.0. The van der Waals surface area contributed by atoms with E-state index in [4.69, 9.17) is 11.6 Å². The lowest BCUT2D eigenvalue weighted by molar-refractivity contribution is 0.249. The molecule has 28 heavy (non-hydrogen) atoms. The second-order valence-electron chi connectivity index (χ2n) is 6.79. The minimum atomic E-state index is -0.326. The summed E-state index contributed by atoms with van der Waals surface area (Å²) in [5.74, 6) is -0.215. The van der Waals surface area contributed by atoms with Gasteiger partial charge in [0.05, 0.1) is 17.6 Å². The molecule has 5 nitrogen and oxygen atoms in total. The van der Waals surface area contributed by atoms with Crippen molar-refractivity contribution in [1.82, 2.24) is 14.7 Å². The molecule has 1 saturated heterocycles. The highest BCUT2D eigenvalue weighted by atomic mass is 35.5. The summed E-state index contributed by atoms with van der Waals surface area (Å²) >= 11 is 6.39. The Morgan fingerprint density at radius 3 is 2.46 bits per heavy atom. The van der Waals surface area contributed by atoms with Gasteiger partial charge in [-0.3, -0.25) is 9.69 Å². The van der Waals surface area contributed by atoms with Crippen molar-refractivity contribution in [2.45, 2.75) is 6.54 Å². The van der Waals surface area contributed by atoms with Crippen molar-refractivity contribution in [3.05, 3.63) is 87.6 Å². The Balaban J connectivity index is 1.46. The molecule has 3 aromatic rings. The quantitative estimate of drug-likeness (QED) is 0.676. The number of hydrogen-bond acceptors (Lipinski definition) is 4. The van der Waals surface area contributed by atoms with Gasteiger partial charge < -0.3 is 4.90 Å². The molecule has 0 atom stereocenters. The van der Waals surface area contributed by atoms with E-state index in [2.05, 4.69) is 14.9 Å². The predicted molar refractivity (Wildman–Crippen MR) is 109 cm³/mol. The van der Waals surface area contributed by atoms with Gasteiger partial charge in [0.1, 0.15) is 10.8 Å². The van der Waals surface area contributed by atoms with Crippen molar-refractivity contribution < 1.29 is 4.39 Å². The van der Waals surface area contributed by atoms with Gasteiger partial charge in [-0.1, -0.05) is 41.9 Å². The molecular formula is C21H20ClFN4O. The van der Waals surface area contributed by atoms with E-state index in [9.17, 15) is 9.18 Å². The number of piperazine rings is 1. The Morgan fingerprint density at radius 2 is 1.75 bits per heavy atom. The fourth-order valence-electron chi connectivity index (χ4n) is 3.44. The molecule has 1 fully saturated rings. The van der Waals surface area contributed by atoms with E-state index in [-0.39, 0.29) is 16.4 Å². The van der Waals surface area contributed by atoms with Gasteiger partial charge in [0.15, 0.2) is 0 Å².